The fraction of sp³-hybridized carbons (Fsp3) is 0.952. The van der Waals surface area contributed by atoms with Crippen molar-refractivity contribution in [2.24, 2.45) is 5.92 Å². The zero-order valence-corrected chi connectivity index (χ0v) is 15.9. The highest BCUT2D eigenvalue weighted by Crippen LogP contribution is 2.27. The van der Waals surface area contributed by atoms with Gasteiger partial charge in [0, 0.05) is 0 Å². The molecule has 1 N–H and O–H groups in total. The average molecular weight is 341 g/mol. The molecule has 1 fully saturated rings. The summed E-state index contributed by atoms with van der Waals surface area (Å²) < 4.78 is 4.51. The standard InChI is InChI=1S/C21H40O3/c1-24-21(23)20(22)18-14-8-6-4-2-3-5-7-11-15-19-16-12-9-10-13-17-19/h19-20,22H,2-18H2,1H3. The van der Waals surface area contributed by atoms with E-state index in [9.17, 15) is 9.90 Å². The Morgan fingerprint density at radius 1 is 0.875 bits per heavy atom. The van der Waals surface area contributed by atoms with Crippen LogP contribution in [0.25, 0.3) is 0 Å². The van der Waals surface area contributed by atoms with E-state index in [1.54, 1.807) is 0 Å². The molecule has 0 amide bonds. The van der Waals surface area contributed by atoms with Gasteiger partial charge < -0.3 is 9.84 Å². The topological polar surface area (TPSA) is 46.5 Å². The lowest BCUT2D eigenvalue weighted by Crippen LogP contribution is -2.21. The summed E-state index contributed by atoms with van der Waals surface area (Å²) in [6.45, 7) is 0. The molecule has 1 aliphatic rings. The van der Waals surface area contributed by atoms with E-state index < -0.39 is 12.1 Å². The monoisotopic (exact) mass is 340 g/mol. The number of hydrogen-bond donors (Lipinski definition) is 1. The van der Waals surface area contributed by atoms with Gasteiger partial charge in [-0.05, 0) is 12.3 Å². The number of unbranched alkanes of at least 4 members (excludes halogenated alkanes) is 8. The van der Waals surface area contributed by atoms with Crippen molar-refractivity contribution < 1.29 is 14.6 Å². The molecule has 0 aliphatic heterocycles. The molecule has 1 unspecified atom stereocenters. The van der Waals surface area contributed by atoms with E-state index in [0.717, 1.165) is 18.8 Å². The molecule has 24 heavy (non-hydrogen) atoms. The summed E-state index contributed by atoms with van der Waals surface area (Å²) in [6, 6.07) is 0. The highest BCUT2D eigenvalue weighted by molar-refractivity contribution is 5.74. The quantitative estimate of drug-likeness (QED) is 0.262. The minimum atomic E-state index is -0.927. The van der Waals surface area contributed by atoms with Crippen LogP contribution in [0.1, 0.15) is 109 Å². The number of methoxy groups -OCH3 is 1. The second-order valence-electron chi connectivity index (χ2n) is 7.66. The first-order valence-corrected chi connectivity index (χ1v) is 10.5. The van der Waals surface area contributed by atoms with Crippen LogP contribution in [0.4, 0.5) is 0 Å². The molecule has 0 saturated heterocycles. The van der Waals surface area contributed by atoms with E-state index in [-0.39, 0.29) is 0 Å². The van der Waals surface area contributed by atoms with Gasteiger partial charge in [-0.1, -0.05) is 103 Å². The smallest absolute Gasteiger partial charge is 0.334 e. The molecule has 1 saturated carbocycles. The molecular formula is C21H40O3. The van der Waals surface area contributed by atoms with Gasteiger partial charge in [0.2, 0.25) is 0 Å². The van der Waals surface area contributed by atoms with Crippen molar-refractivity contribution in [2.75, 3.05) is 7.11 Å². The van der Waals surface area contributed by atoms with Gasteiger partial charge in [0.25, 0.3) is 0 Å². The summed E-state index contributed by atoms with van der Waals surface area (Å²) in [4.78, 5) is 11.0. The highest BCUT2D eigenvalue weighted by Gasteiger charge is 2.14. The van der Waals surface area contributed by atoms with Crippen molar-refractivity contribution in [1.29, 1.82) is 0 Å². The first kappa shape index (κ1) is 21.5. The first-order valence-electron chi connectivity index (χ1n) is 10.5. The summed E-state index contributed by atoms with van der Waals surface area (Å²) >= 11 is 0. The molecule has 0 aromatic rings. The highest BCUT2D eigenvalue weighted by atomic mass is 16.5. The predicted octanol–water partition coefficient (Wildman–Crippen LogP) is 5.78. The van der Waals surface area contributed by atoms with Crippen LogP contribution in [0.5, 0.6) is 0 Å². The Balaban J connectivity index is 1.79. The van der Waals surface area contributed by atoms with Gasteiger partial charge in [-0.3, -0.25) is 0 Å². The van der Waals surface area contributed by atoms with Gasteiger partial charge in [-0.15, -0.1) is 0 Å². The van der Waals surface area contributed by atoms with Gasteiger partial charge >= 0.3 is 5.97 Å². The molecular weight excluding hydrogens is 300 g/mol. The molecule has 142 valence electrons. The fourth-order valence-electron chi connectivity index (χ4n) is 3.91. The van der Waals surface area contributed by atoms with E-state index >= 15 is 0 Å². The molecule has 0 aromatic heterocycles. The zero-order chi connectivity index (χ0) is 17.5. The van der Waals surface area contributed by atoms with Crippen LogP contribution in [-0.2, 0) is 9.53 Å². The summed E-state index contributed by atoms with van der Waals surface area (Å²) in [5.41, 5.74) is 0. The Bertz CT molecular complexity index is 295. The van der Waals surface area contributed by atoms with Crippen molar-refractivity contribution in [3.63, 3.8) is 0 Å². The van der Waals surface area contributed by atoms with Crippen LogP contribution >= 0.6 is 0 Å². The zero-order valence-electron chi connectivity index (χ0n) is 15.9. The van der Waals surface area contributed by atoms with Crippen molar-refractivity contribution >= 4 is 5.97 Å². The fourth-order valence-corrected chi connectivity index (χ4v) is 3.91. The van der Waals surface area contributed by atoms with Crippen molar-refractivity contribution in [3.05, 3.63) is 0 Å². The van der Waals surface area contributed by atoms with E-state index in [2.05, 4.69) is 4.74 Å². The lowest BCUT2D eigenvalue weighted by molar-refractivity contribution is -0.150. The average Bonchev–Trinajstić information content (AvgIpc) is 2.87. The number of carbonyl (C=O) groups excluding carboxylic acids is 1. The number of carbonyl (C=O) groups is 1. The van der Waals surface area contributed by atoms with E-state index in [0.29, 0.717) is 6.42 Å². The minimum absolute atomic E-state index is 0.501. The third kappa shape index (κ3) is 11.1. The number of esters is 1. The molecule has 0 spiro atoms. The SMILES string of the molecule is COC(=O)C(O)CCCCCCCCCCCC1CCCCCC1. The largest absolute Gasteiger partial charge is 0.467 e. The minimum Gasteiger partial charge on any atom is -0.467 e. The summed E-state index contributed by atoms with van der Waals surface area (Å²) in [6.07, 6.45) is 21.4. The van der Waals surface area contributed by atoms with Crippen LogP contribution < -0.4 is 0 Å². The van der Waals surface area contributed by atoms with Gasteiger partial charge in [-0.25, -0.2) is 4.79 Å². The van der Waals surface area contributed by atoms with Crippen molar-refractivity contribution in [3.8, 4) is 0 Å². The van der Waals surface area contributed by atoms with Crippen LogP contribution in [0.3, 0.4) is 0 Å². The van der Waals surface area contributed by atoms with E-state index in [1.165, 1.54) is 97.0 Å². The summed E-state index contributed by atoms with van der Waals surface area (Å²) in [5.74, 6) is 0.534. The van der Waals surface area contributed by atoms with Gasteiger partial charge in [0.15, 0.2) is 6.10 Å². The maximum absolute atomic E-state index is 11.0. The summed E-state index contributed by atoms with van der Waals surface area (Å²) in [5, 5.41) is 9.48. The maximum atomic E-state index is 11.0. The van der Waals surface area contributed by atoms with Crippen LogP contribution in [0.2, 0.25) is 0 Å². The van der Waals surface area contributed by atoms with Crippen molar-refractivity contribution in [1.82, 2.24) is 0 Å². The molecule has 0 heterocycles. The van der Waals surface area contributed by atoms with E-state index in [4.69, 9.17) is 0 Å². The maximum Gasteiger partial charge on any atom is 0.334 e. The lowest BCUT2D eigenvalue weighted by atomic mass is 9.93. The van der Waals surface area contributed by atoms with Crippen LogP contribution in [0.15, 0.2) is 0 Å². The Labute approximate surface area is 149 Å². The molecule has 0 bridgehead atoms. The Morgan fingerprint density at radius 2 is 1.38 bits per heavy atom. The third-order valence-corrected chi connectivity index (χ3v) is 5.54. The molecule has 3 heteroatoms. The Kier molecular flexibility index (Phi) is 13.2. The normalized spacial score (nSPS) is 17.4. The number of aliphatic hydroxyl groups excluding tert-OH is 1. The second-order valence-corrected chi connectivity index (χ2v) is 7.66. The van der Waals surface area contributed by atoms with Crippen LogP contribution in [0, 0.1) is 5.92 Å². The molecule has 1 rings (SSSR count). The molecule has 0 aromatic carbocycles. The summed E-state index contributed by atoms with van der Waals surface area (Å²) in [7, 11) is 1.32. The number of rotatable bonds is 13. The number of hydrogen-bond acceptors (Lipinski definition) is 3. The number of ether oxygens (including phenoxy) is 1. The third-order valence-electron chi connectivity index (χ3n) is 5.54. The van der Waals surface area contributed by atoms with E-state index in [1.807, 2.05) is 0 Å². The second kappa shape index (κ2) is 14.7. The number of aliphatic hydroxyl groups is 1. The molecule has 1 aliphatic carbocycles. The molecule has 1 atom stereocenters. The van der Waals surface area contributed by atoms with Crippen molar-refractivity contribution in [2.45, 2.75) is 115 Å². The van der Waals surface area contributed by atoms with Gasteiger partial charge in [0.1, 0.15) is 0 Å². The molecule has 3 nitrogen and oxygen atoms in total. The molecule has 0 radical (unpaired) electrons. The Morgan fingerprint density at radius 3 is 1.92 bits per heavy atom. The first-order chi connectivity index (χ1) is 11.7. The lowest BCUT2D eigenvalue weighted by Gasteiger charge is -2.13. The van der Waals surface area contributed by atoms with Crippen LogP contribution in [-0.4, -0.2) is 24.3 Å². The van der Waals surface area contributed by atoms with Gasteiger partial charge in [0.05, 0.1) is 7.11 Å². The predicted molar refractivity (Wildman–Crippen MR) is 100 cm³/mol. The van der Waals surface area contributed by atoms with Gasteiger partial charge in [-0.2, -0.15) is 0 Å². The Hall–Kier alpha value is -0.570.